The first kappa shape index (κ1) is 14.1. The quantitative estimate of drug-likeness (QED) is 0.879. The molecule has 19 heavy (non-hydrogen) atoms. The van der Waals surface area contributed by atoms with Gasteiger partial charge in [-0.25, -0.2) is 0 Å². The smallest absolute Gasteiger partial charge is 0.223 e. The lowest BCUT2D eigenvalue weighted by Crippen LogP contribution is -2.40. The zero-order chi connectivity index (χ0) is 13.7. The molecule has 3 heteroatoms. The van der Waals surface area contributed by atoms with Gasteiger partial charge in [-0.1, -0.05) is 24.3 Å². The fourth-order valence-corrected chi connectivity index (χ4v) is 2.89. The van der Waals surface area contributed by atoms with E-state index in [0.717, 1.165) is 32.4 Å². The highest BCUT2D eigenvalue weighted by Crippen LogP contribution is 2.19. The molecule has 1 heterocycles. The molecule has 1 aliphatic heterocycles. The fourth-order valence-electron chi connectivity index (χ4n) is 2.89. The number of carbonyl (C=O) groups is 1. The minimum atomic E-state index is 0.306. The highest BCUT2D eigenvalue weighted by molar-refractivity contribution is 5.77. The molecule has 1 aromatic rings. The highest BCUT2D eigenvalue weighted by Gasteiger charge is 2.27. The third kappa shape index (κ3) is 3.57. The van der Waals surface area contributed by atoms with Crippen LogP contribution in [0.1, 0.15) is 30.4 Å². The Morgan fingerprint density at radius 3 is 2.95 bits per heavy atom. The van der Waals surface area contributed by atoms with Gasteiger partial charge in [0.25, 0.3) is 0 Å². The van der Waals surface area contributed by atoms with Crippen molar-refractivity contribution in [3.63, 3.8) is 0 Å². The van der Waals surface area contributed by atoms with Crippen LogP contribution < -0.4 is 5.32 Å². The second kappa shape index (κ2) is 6.71. The van der Waals surface area contributed by atoms with Gasteiger partial charge >= 0.3 is 0 Å². The Kier molecular flexibility index (Phi) is 4.97. The molecule has 0 spiro atoms. The van der Waals surface area contributed by atoms with Gasteiger partial charge < -0.3 is 10.2 Å². The minimum Gasteiger partial charge on any atom is -0.338 e. The Balaban J connectivity index is 1.89. The van der Waals surface area contributed by atoms with Crippen LogP contribution in [0.15, 0.2) is 24.3 Å². The Morgan fingerprint density at radius 2 is 2.21 bits per heavy atom. The number of likely N-dealkylation sites (tertiary alicyclic amines) is 1. The number of benzene rings is 1. The van der Waals surface area contributed by atoms with Crippen molar-refractivity contribution in [3.05, 3.63) is 35.4 Å². The van der Waals surface area contributed by atoms with E-state index in [-0.39, 0.29) is 0 Å². The maximum atomic E-state index is 12.3. The Hall–Kier alpha value is -1.35. The topological polar surface area (TPSA) is 32.3 Å². The summed E-state index contributed by atoms with van der Waals surface area (Å²) in [4.78, 5) is 14.4. The number of nitrogens with zero attached hydrogens (tertiary/aromatic N) is 1. The number of amides is 1. The molecule has 1 amide bonds. The third-order valence-corrected chi connectivity index (χ3v) is 4.01. The molecule has 1 unspecified atom stereocenters. The molecule has 1 fully saturated rings. The molecule has 1 aliphatic rings. The summed E-state index contributed by atoms with van der Waals surface area (Å²) in [5.41, 5.74) is 2.57. The van der Waals surface area contributed by atoms with Crippen LogP contribution in [0.2, 0.25) is 0 Å². The maximum Gasteiger partial charge on any atom is 0.223 e. The van der Waals surface area contributed by atoms with E-state index in [4.69, 9.17) is 0 Å². The molecular weight excluding hydrogens is 236 g/mol. The fraction of sp³-hybridized carbons (Fsp3) is 0.562. The number of likely N-dealkylation sites (N-methyl/N-ethyl adjacent to an activating group) is 1. The lowest BCUT2D eigenvalue weighted by molar-refractivity contribution is -0.131. The number of carbonyl (C=O) groups excluding carboxylic acids is 1. The highest BCUT2D eigenvalue weighted by atomic mass is 16.2. The monoisotopic (exact) mass is 260 g/mol. The summed E-state index contributed by atoms with van der Waals surface area (Å²) in [7, 11) is 1.95. The molecule has 1 N–H and O–H groups in total. The largest absolute Gasteiger partial charge is 0.338 e. The van der Waals surface area contributed by atoms with Crippen molar-refractivity contribution in [1.82, 2.24) is 10.2 Å². The minimum absolute atomic E-state index is 0.306. The van der Waals surface area contributed by atoms with E-state index in [1.165, 1.54) is 11.1 Å². The van der Waals surface area contributed by atoms with E-state index in [1.54, 1.807) is 0 Å². The van der Waals surface area contributed by atoms with Crippen LogP contribution in [0, 0.1) is 6.92 Å². The maximum absolute atomic E-state index is 12.3. The Bertz CT molecular complexity index is 431. The Labute approximate surface area is 116 Å². The average Bonchev–Trinajstić information content (AvgIpc) is 2.86. The van der Waals surface area contributed by atoms with Crippen molar-refractivity contribution >= 4 is 5.91 Å². The summed E-state index contributed by atoms with van der Waals surface area (Å²) in [6.07, 6.45) is 3.76. The van der Waals surface area contributed by atoms with Crippen LogP contribution in [-0.2, 0) is 11.2 Å². The molecule has 104 valence electrons. The molecule has 3 nitrogen and oxygen atoms in total. The second-order valence-corrected chi connectivity index (χ2v) is 5.37. The normalized spacial score (nSPS) is 18.8. The Morgan fingerprint density at radius 1 is 1.42 bits per heavy atom. The predicted octanol–water partition coefficient (Wildman–Crippen LogP) is 2.14. The number of rotatable bonds is 5. The van der Waals surface area contributed by atoms with Crippen LogP contribution in [0.4, 0.5) is 0 Å². The standard InChI is InChI=1S/C16H24N2O/c1-13-6-3-4-7-14(13)9-10-16(19)18-11-5-8-15(18)12-17-2/h3-4,6-7,15,17H,5,8-12H2,1-2H3. The lowest BCUT2D eigenvalue weighted by atomic mass is 10.0. The number of nitrogens with one attached hydrogen (secondary N) is 1. The third-order valence-electron chi connectivity index (χ3n) is 4.01. The van der Waals surface area contributed by atoms with Gasteiger partial charge in [0.1, 0.15) is 0 Å². The summed E-state index contributed by atoms with van der Waals surface area (Å²) in [5.74, 6) is 0.306. The van der Waals surface area contributed by atoms with E-state index < -0.39 is 0 Å². The molecule has 1 saturated heterocycles. The van der Waals surface area contributed by atoms with Gasteiger partial charge in [-0.05, 0) is 44.4 Å². The van der Waals surface area contributed by atoms with Gasteiger partial charge in [0.2, 0.25) is 5.91 Å². The van der Waals surface area contributed by atoms with Crippen LogP contribution in [0.5, 0.6) is 0 Å². The summed E-state index contributed by atoms with van der Waals surface area (Å²) < 4.78 is 0. The van der Waals surface area contributed by atoms with E-state index in [2.05, 4.69) is 29.3 Å². The average molecular weight is 260 g/mol. The van der Waals surface area contributed by atoms with Crippen molar-refractivity contribution in [2.45, 2.75) is 38.6 Å². The zero-order valence-electron chi connectivity index (χ0n) is 12.0. The first-order chi connectivity index (χ1) is 9.22. The summed E-state index contributed by atoms with van der Waals surface area (Å²) >= 11 is 0. The van der Waals surface area contributed by atoms with Gasteiger partial charge in [0.05, 0.1) is 0 Å². The molecule has 2 rings (SSSR count). The van der Waals surface area contributed by atoms with Gasteiger partial charge in [-0.15, -0.1) is 0 Å². The first-order valence-corrected chi connectivity index (χ1v) is 7.21. The van der Waals surface area contributed by atoms with Gasteiger partial charge in [0.15, 0.2) is 0 Å². The summed E-state index contributed by atoms with van der Waals surface area (Å²) in [6.45, 7) is 3.95. The molecule has 1 aromatic carbocycles. The van der Waals surface area contributed by atoms with E-state index in [0.29, 0.717) is 18.4 Å². The second-order valence-electron chi connectivity index (χ2n) is 5.37. The molecule has 0 aromatic heterocycles. The van der Waals surface area contributed by atoms with E-state index in [1.807, 2.05) is 19.2 Å². The molecular formula is C16H24N2O. The zero-order valence-corrected chi connectivity index (χ0v) is 12.0. The van der Waals surface area contributed by atoms with Crippen LogP contribution in [0.25, 0.3) is 0 Å². The van der Waals surface area contributed by atoms with Crippen LogP contribution >= 0.6 is 0 Å². The lowest BCUT2D eigenvalue weighted by Gasteiger charge is -2.24. The van der Waals surface area contributed by atoms with Crippen molar-refractivity contribution in [3.8, 4) is 0 Å². The van der Waals surface area contributed by atoms with Crippen LogP contribution in [-0.4, -0.2) is 37.0 Å². The summed E-state index contributed by atoms with van der Waals surface area (Å²) in [5, 5.41) is 3.18. The van der Waals surface area contributed by atoms with Crippen molar-refractivity contribution < 1.29 is 4.79 Å². The van der Waals surface area contributed by atoms with Crippen molar-refractivity contribution in [2.24, 2.45) is 0 Å². The number of hydrogen-bond donors (Lipinski definition) is 1. The van der Waals surface area contributed by atoms with Crippen molar-refractivity contribution in [2.75, 3.05) is 20.1 Å². The molecule has 0 radical (unpaired) electrons. The predicted molar refractivity (Wildman–Crippen MR) is 78.2 cm³/mol. The SMILES string of the molecule is CNCC1CCCN1C(=O)CCc1ccccc1C. The molecule has 0 bridgehead atoms. The number of hydrogen-bond acceptors (Lipinski definition) is 2. The van der Waals surface area contributed by atoms with Crippen molar-refractivity contribution in [1.29, 1.82) is 0 Å². The van der Waals surface area contributed by atoms with Crippen LogP contribution in [0.3, 0.4) is 0 Å². The molecule has 1 atom stereocenters. The van der Waals surface area contributed by atoms with Gasteiger partial charge in [0, 0.05) is 25.6 Å². The molecule has 0 aliphatic carbocycles. The van der Waals surface area contributed by atoms with E-state index >= 15 is 0 Å². The van der Waals surface area contributed by atoms with Gasteiger partial charge in [-0.3, -0.25) is 4.79 Å². The molecule has 0 saturated carbocycles. The number of aryl methyl sites for hydroxylation is 2. The first-order valence-electron chi connectivity index (χ1n) is 7.21. The van der Waals surface area contributed by atoms with Gasteiger partial charge in [-0.2, -0.15) is 0 Å². The summed E-state index contributed by atoms with van der Waals surface area (Å²) in [6, 6.07) is 8.72. The van der Waals surface area contributed by atoms with E-state index in [9.17, 15) is 4.79 Å².